The Morgan fingerprint density at radius 3 is 1.61 bits per heavy atom. The molecule has 0 radical (unpaired) electrons. The van der Waals surface area contributed by atoms with E-state index in [4.69, 9.17) is 0 Å². The summed E-state index contributed by atoms with van der Waals surface area (Å²) in [6.07, 6.45) is 7.60. The molecule has 1 unspecified atom stereocenters. The highest BCUT2D eigenvalue weighted by Crippen LogP contribution is 2.39. The molecule has 0 spiro atoms. The lowest BCUT2D eigenvalue weighted by molar-refractivity contribution is 0.661. The average molecular weight is 657 g/mol. The zero-order valence-corrected chi connectivity index (χ0v) is 28.8. The molecule has 0 saturated heterocycles. The van der Waals surface area contributed by atoms with Crippen LogP contribution in [0.1, 0.15) is 18.9 Å². The molecule has 0 bridgehead atoms. The van der Waals surface area contributed by atoms with Crippen LogP contribution in [0.3, 0.4) is 0 Å². The van der Waals surface area contributed by atoms with Crippen molar-refractivity contribution < 1.29 is 0 Å². The highest BCUT2D eigenvalue weighted by Gasteiger charge is 2.30. The fourth-order valence-corrected chi connectivity index (χ4v) is 7.08. The molecular weight excluding hydrogens is 617 g/mol. The van der Waals surface area contributed by atoms with E-state index in [2.05, 4.69) is 218 Å². The first-order valence-electron chi connectivity index (χ1n) is 17.7. The number of rotatable bonds is 9. The molecular formula is C49H40N2. The summed E-state index contributed by atoms with van der Waals surface area (Å²) in [5, 5.41) is 7.55. The fraction of sp³-hybridized carbons (Fsp3) is 0.0612. The van der Waals surface area contributed by atoms with Crippen LogP contribution in [-0.2, 0) is 0 Å². The number of allylic oxidation sites excluding steroid dienone is 2. The molecule has 0 heterocycles. The Morgan fingerprint density at radius 1 is 0.431 bits per heavy atom. The molecule has 2 heteroatoms. The molecule has 1 aliphatic rings. The number of anilines is 3. The molecule has 0 amide bonds. The minimum absolute atomic E-state index is 0.223. The van der Waals surface area contributed by atoms with Crippen molar-refractivity contribution in [2.24, 2.45) is 0 Å². The van der Waals surface area contributed by atoms with Gasteiger partial charge in [-0.25, -0.2) is 0 Å². The predicted octanol–water partition coefficient (Wildman–Crippen LogP) is 13.3. The second-order valence-corrected chi connectivity index (χ2v) is 13.4. The SMILES string of the molecule is CC1(Nc2ccccc2)CC=CC=C1c1cccc(-c2ccc(Nc3ccc(-c4ccc(-c5ccccc5)cc4)cc3)c(-c3ccccc3)c2)c1. The molecule has 1 aliphatic carbocycles. The first kappa shape index (κ1) is 31.9. The molecule has 2 N–H and O–H groups in total. The average Bonchev–Trinajstić information content (AvgIpc) is 3.19. The zero-order chi connectivity index (χ0) is 34.5. The molecule has 1 atom stereocenters. The van der Waals surface area contributed by atoms with E-state index in [0.717, 1.165) is 29.0 Å². The molecule has 7 aromatic rings. The number of hydrogen-bond donors (Lipinski definition) is 2. The molecule has 51 heavy (non-hydrogen) atoms. The predicted molar refractivity (Wildman–Crippen MR) is 218 cm³/mol. The first-order valence-corrected chi connectivity index (χ1v) is 17.7. The molecule has 246 valence electrons. The maximum atomic E-state index is 3.82. The van der Waals surface area contributed by atoms with E-state index in [1.165, 1.54) is 50.1 Å². The normalized spacial score (nSPS) is 15.2. The number of hydrogen-bond acceptors (Lipinski definition) is 2. The van der Waals surface area contributed by atoms with Crippen molar-refractivity contribution in [3.8, 4) is 44.5 Å². The maximum Gasteiger partial charge on any atom is 0.0637 e. The minimum Gasteiger partial charge on any atom is -0.375 e. The molecule has 2 nitrogen and oxygen atoms in total. The van der Waals surface area contributed by atoms with Crippen LogP contribution in [0.5, 0.6) is 0 Å². The van der Waals surface area contributed by atoms with Gasteiger partial charge in [0.05, 0.1) is 5.54 Å². The smallest absolute Gasteiger partial charge is 0.0637 e. The lowest BCUT2D eigenvalue weighted by Gasteiger charge is -2.36. The van der Waals surface area contributed by atoms with Gasteiger partial charge in [0, 0.05) is 22.6 Å². The number of benzene rings is 7. The van der Waals surface area contributed by atoms with Crippen molar-refractivity contribution in [1.82, 2.24) is 0 Å². The van der Waals surface area contributed by atoms with Crippen molar-refractivity contribution in [2.45, 2.75) is 18.9 Å². The van der Waals surface area contributed by atoms with Crippen molar-refractivity contribution in [3.05, 3.63) is 206 Å². The molecule has 0 aromatic heterocycles. The summed E-state index contributed by atoms with van der Waals surface area (Å²) in [5.74, 6) is 0. The number of nitrogens with one attached hydrogen (secondary N) is 2. The van der Waals surface area contributed by atoms with E-state index in [1.54, 1.807) is 0 Å². The maximum absolute atomic E-state index is 3.82. The van der Waals surface area contributed by atoms with E-state index in [9.17, 15) is 0 Å². The highest BCUT2D eigenvalue weighted by atomic mass is 15.0. The van der Waals surface area contributed by atoms with Crippen molar-refractivity contribution in [2.75, 3.05) is 10.6 Å². The van der Waals surface area contributed by atoms with Gasteiger partial charge in [0.15, 0.2) is 0 Å². The van der Waals surface area contributed by atoms with Gasteiger partial charge in [-0.2, -0.15) is 0 Å². The summed E-state index contributed by atoms with van der Waals surface area (Å²) in [4.78, 5) is 0. The highest BCUT2D eigenvalue weighted by molar-refractivity contribution is 5.87. The van der Waals surface area contributed by atoms with Crippen LogP contribution < -0.4 is 10.6 Å². The van der Waals surface area contributed by atoms with E-state index in [1.807, 2.05) is 0 Å². The summed E-state index contributed by atoms with van der Waals surface area (Å²) < 4.78 is 0. The van der Waals surface area contributed by atoms with Gasteiger partial charge in [0.2, 0.25) is 0 Å². The topological polar surface area (TPSA) is 24.1 Å². The van der Waals surface area contributed by atoms with Gasteiger partial charge in [-0.15, -0.1) is 0 Å². The zero-order valence-electron chi connectivity index (χ0n) is 28.8. The van der Waals surface area contributed by atoms with Crippen LogP contribution >= 0.6 is 0 Å². The summed E-state index contributed by atoms with van der Waals surface area (Å²) >= 11 is 0. The second kappa shape index (κ2) is 14.2. The van der Waals surface area contributed by atoms with Gasteiger partial charge in [0.25, 0.3) is 0 Å². The third-order valence-corrected chi connectivity index (χ3v) is 9.81. The molecule has 0 saturated carbocycles. The summed E-state index contributed by atoms with van der Waals surface area (Å²) in [6.45, 7) is 2.30. The Kier molecular flexibility index (Phi) is 8.89. The lowest BCUT2D eigenvalue weighted by atomic mass is 9.80. The van der Waals surface area contributed by atoms with Crippen LogP contribution in [-0.4, -0.2) is 5.54 Å². The third kappa shape index (κ3) is 7.04. The van der Waals surface area contributed by atoms with Crippen molar-refractivity contribution in [3.63, 3.8) is 0 Å². The van der Waals surface area contributed by atoms with Crippen LogP contribution in [0.4, 0.5) is 17.1 Å². The van der Waals surface area contributed by atoms with E-state index >= 15 is 0 Å². The van der Waals surface area contributed by atoms with Gasteiger partial charge in [-0.05, 0) is 106 Å². The van der Waals surface area contributed by atoms with Crippen LogP contribution in [0.2, 0.25) is 0 Å². The summed E-state index contributed by atoms with van der Waals surface area (Å²) in [7, 11) is 0. The molecule has 0 aliphatic heterocycles. The summed E-state index contributed by atoms with van der Waals surface area (Å²) in [6, 6.07) is 64.9. The molecule has 7 aromatic carbocycles. The van der Waals surface area contributed by atoms with Crippen molar-refractivity contribution >= 4 is 22.6 Å². The molecule has 8 rings (SSSR count). The Balaban J connectivity index is 1.07. The Labute approximate surface area is 301 Å². The largest absolute Gasteiger partial charge is 0.375 e. The van der Waals surface area contributed by atoms with Gasteiger partial charge >= 0.3 is 0 Å². The van der Waals surface area contributed by atoms with Crippen LogP contribution in [0.25, 0.3) is 50.1 Å². The first-order chi connectivity index (χ1) is 25.1. The quantitative estimate of drug-likeness (QED) is 0.162. The van der Waals surface area contributed by atoms with Crippen molar-refractivity contribution in [1.29, 1.82) is 0 Å². The van der Waals surface area contributed by atoms with E-state index < -0.39 is 0 Å². The standard InChI is InChI=1S/C49H40N2/c1-49(51-45-20-9-4-10-21-45)33-12-11-22-47(49)43-19-13-18-41(34-43)42-29-32-48(46(35-42)40-16-7-3-8-17-40)50-44-30-27-39(28-31-44)38-25-23-37(24-26-38)36-14-5-2-6-15-36/h2-32,34-35,50-51H,33H2,1H3. The van der Waals surface area contributed by atoms with Gasteiger partial charge < -0.3 is 10.6 Å². The Hall–Kier alpha value is -6.38. The summed E-state index contributed by atoms with van der Waals surface area (Å²) in [5.41, 5.74) is 15.1. The third-order valence-electron chi connectivity index (χ3n) is 9.81. The fourth-order valence-electron chi connectivity index (χ4n) is 7.08. The van der Waals surface area contributed by atoms with Gasteiger partial charge in [-0.3, -0.25) is 0 Å². The van der Waals surface area contributed by atoms with E-state index in [0.29, 0.717) is 0 Å². The minimum atomic E-state index is -0.223. The lowest BCUT2D eigenvalue weighted by Crippen LogP contribution is -2.36. The van der Waals surface area contributed by atoms with Gasteiger partial charge in [-0.1, -0.05) is 158 Å². The van der Waals surface area contributed by atoms with Gasteiger partial charge in [0.1, 0.15) is 0 Å². The van der Waals surface area contributed by atoms with E-state index in [-0.39, 0.29) is 5.54 Å². The van der Waals surface area contributed by atoms with Crippen LogP contribution in [0, 0.1) is 0 Å². The Morgan fingerprint density at radius 2 is 0.941 bits per heavy atom. The Bertz CT molecular complexity index is 2300. The monoisotopic (exact) mass is 656 g/mol. The second-order valence-electron chi connectivity index (χ2n) is 13.4. The van der Waals surface area contributed by atoms with Crippen LogP contribution in [0.15, 0.2) is 200 Å². The molecule has 0 fully saturated rings. The number of para-hydroxylation sites is 1.